The number of hydrogen-bond donors (Lipinski definition) is 0. The lowest BCUT2D eigenvalue weighted by atomic mass is 10.1. The molecule has 0 fully saturated rings. The highest BCUT2D eigenvalue weighted by Crippen LogP contribution is 1.98. The fraction of sp³-hybridized carbons (Fsp3) is 0.556. The van der Waals surface area contributed by atoms with Crippen molar-refractivity contribution in [2.45, 2.75) is 20.8 Å². The van der Waals surface area contributed by atoms with Gasteiger partial charge in [-0.15, -0.1) is 0 Å². The van der Waals surface area contributed by atoms with Gasteiger partial charge in [-0.05, 0) is 13.8 Å². The lowest BCUT2D eigenvalue weighted by molar-refractivity contribution is -0.137. The topological polar surface area (TPSA) is 43.4 Å². The molecule has 1 unspecified atom stereocenters. The normalized spacial score (nSPS) is 12.9. The van der Waals surface area contributed by atoms with Crippen LogP contribution in [0.5, 0.6) is 0 Å². The van der Waals surface area contributed by atoms with Crippen LogP contribution in [-0.2, 0) is 14.3 Å². The van der Waals surface area contributed by atoms with Crippen LogP contribution in [0.25, 0.3) is 0 Å². The fourth-order valence-electron chi connectivity index (χ4n) is 0.549. The molecule has 0 aromatic heterocycles. The van der Waals surface area contributed by atoms with Crippen molar-refractivity contribution < 1.29 is 14.3 Å². The SMILES string of the molecule is CCOC(=O)/C=C/C(C)C(C)=O. The van der Waals surface area contributed by atoms with E-state index in [0.29, 0.717) is 6.61 Å². The molecule has 0 aromatic carbocycles. The van der Waals surface area contributed by atoms with Gasteiger partial charge < -0.3 is 4.74 Å². The molecular formula is C9H14O3. The van der Waals surface area contributed by atoms with E-state index in [-0.39, 0.29) is 11.7 Å². The molecule has 0 heterocycles. The van der Waals surface area contributed by atoms with Gasteiger partial charge in [0.2, 0.25) is 0 Å². The number of rotatable bonds is 4. The summed E-state index contributed by atoms with van der Waals surface area (Å²) in [5.74, 6) is -0.574. The highest BCUT2D eigenvalue weighted by molar-refractivity contribution is 5.85. The van der Waals surface area contributed by atoms with Crippen molar-refractivity contribution in [3.05, 3.63) is 12.2 Å². The van der Waals surface area contributed by atoms with Crippen LogP contribution >= 0.6 is 0 Å². The number of carbonyl (C=O) groups excluding carboxylic acids is 2. The van der Waals surface area contributed by atoms with Crippen molar-refractivity contribution in [2.24, 2.45) is 5.92 Å². The van der Waals surface area contributed by atoms with Gasteiger partial charge in [-0.3, -0.25) is 4.79 Å². The zero-order chi connectivity index (χ0) is 9.56. The predicted molar refractivity (Wildman–Crippen MR) is 45.6 cm³/mol. The maximum atomic E-state index is 10.7. The second-order valence-electron chi connectivity index (χ2n) is 2.51. The van der Waals surface area contributed by atoms with Crippen LogP contribution in [-0.4, -0.2) is 18.4 Å². The summed E-state index contributed by atoms with van der Waals surface area (Å²) in [7, 11) is 0. The van der Waals surface area contributed by atoms with E-state index >= 15 is 0 Å². The van der Waals surface area contributed by atoms with Gasteiger partial charge in [0, 0.05) is 12.0 Å². The summed E-state index contributed by atoms with van der Waals surface area (Å²) in [6.07, 6.45) is 2.83. The number of esters is 1. The minimum atomic E-state index is -0.398. The molecule has 0 bridgehead atoms. The first-order valence-electron chi connectivity index (χ1n) is 3.93. The molecule has 0 saturated heterocycles. The van der Waals surface area contributed by atoms with Crippen LogP contribution in [0.2, 0.25) is 0 Å². The van der Waals surface area contributed by atoms with Crippen molar-refractivity contribution >= 4 is 11.8 Å². The first-order valence-corrected chi connectivity index (χ1v) is 3.93. The minimum Gasteiger partial charge on any atom is -0.463 e. The summed E-state index contributed by atoms with van der Waals surface area (Å²) in [6.45, 7) is 5.32. The third kappa shape index (κ3) is 4.66. The molecule has 0 amide bonds. The largest absolute Gasteiger partial charge is 0.463 e. The Kier molecular flexibility index (Phi) is 5.00. The fourth-order valence-corrected chi connectivity index (χ4v) is 0.549. The Balaban J connectivity index is 3.89. The summed E-state index contributed by atoms with van der Waals surface area (Å²) in [6, 6.07) is 0. The Morgan fingerprint density at radius 3 is 2.50 bits per heavy atom. The molecule has 68 valence electrons. The number of carbonyl (C=O) groups is 2. The zero-order valence-electron chi connectivity index (χ0n) is 7.66. The van der Waals surface area contributed by atoms with E-state index < -0.39 is 5.97 Å². The average molecular weight is 170 g/mol. The Morgan fingerprint density at radius 2 is 2.08 bits per heavy atom. The highest BCUT2D eigenvalue weighted by atomic mass is 16.5. The van der Waals surface area contributed by atoms with E-state index in [2.05, 4.69) is 4.74 Å². The minimum absolute atomic E-state index is 0.0375. The summed E-state index contributed by atoms with van der Waals surface area (Å²) >= 11 is 0. The van der Waals surface area contributed by atoms with E-state index in [1.54, 1.807) is 19.9 Å². The lowest BCUT2D eigenvalue weighted by Crippen LogP contribution is -2.05. The first kappa shape index (κ1) is 10.9. The van der Waals surface area contributed by atoms with Gasteiger partial charge >= 0.3 is 5.97 Å². The van der Waals surface area contributed by atoms with Crippen LogP contribution in [0.1, 0.15) is 20.8 Å². The number of hydrogen-bond acceptors (Lipinski definition) is 3. The molecular weight excluding hydrogens is 156 g/mol. The second kappa shape index (κ2) is 5.52. The summed E-state index contributed by atoms with van der Waals surface area (Å²) in [4.78, 5) is 21.5. The van der Waals surface area contributed by atoms with E-state index in [0.717, 1.165) is 0 Å². The molecule has 0 aliphatic heterocycles. The van der Waals surface area contributed by atoms with Gasteiger partial charge in [0.25, 0.3) is 0 Å². The van der Waals surface area contributed by atoms with Gasteiger partial charge in [0.15, 0.2) is 0 Å². The molecule has 0 saturated carbocycles. The van der Waals surface area contributed by atoms with Crippen LogP contribution < -0.4 is 0 Å². The maximum Gasteiger partial charge on any atom is 0.330 e. The van der Waals surface area contributed by atoms with Crippen molar-refractivity contribution in [1.82, 2.24) is 0 Å². The molecule has 0 radical (unpaired) electrons. The van der Waals surface area contributed by atoms with Crippen molar-refractivity contribution in [2.75, 3.05) is 6.61 Å². The maximum absolute atomic E-state index is 10.7. The number of ketones is 1. The molecule has 1 atom stereocenters. The molecule has 0 N–H and O–H groups in total. The standard InChI is InChI=1S/C9H14O3/c1-4-12-9(11)6-5-7(2)8(3)10/h5-7H,4H2,1-3H3/b6-5+. The Labute approximate surface area is 72.4 Å². The van der Waals surface area contributed by atoms with Gasteiger partial charge in [-0.1, -0.05) is 13.0 Å². The van der Waals surface area contributed by atoms with E-state index in [9.17, 15) is 9.59 Å². The van der Waals surface area contributed by atoms with Crippen LogP contribution in [0.4, 0.5) is 0 Å². The molecule has 3 heteroatoms. The van der Waals surface area contributed by atoms with Gasteiger partial charge in [-0.2, -0.15) is 0 Å². The Morgan fingerprint density at radius 1 is 1.50 bits per heavy atom. The quantitative estimate of drug-likeness (QED) is 0.472. The van der Waals surface area contributed by atoms with Crippen LogP contribution in [0.3, 0.4) is 0 Å². The molecule has 0 spiro atoms. The summed E-state index contributed by atoms with van der Waals surface area (Å²) in [5, 5.41) is 0. The van der Waals surface area contributed by atoms with Gasteiger partial charge in [0.05, 0.1) is 6.61 Å². The van der Waals surface area contributed by atoms with Gasteiger partial charge in [0.1, 0.15) is 5.78 Å². The van der Waals surface area contributed by atoms with Crippen LogP contribution in [0, 0.1) is 5.92 Å². The number of ether oxygens (including phenoxy) is 1. The zero-order valence-corrected chi connectivity index (χ0v) is 7.66. The Bertz CT molecular complexity index is 194. The third-order valence-corrected chi connectivity index (χ3v) is 1.45. The molecule has 12 heavy (non-hydrogen) atoms. The molecule has 0 aliphatic rings. The van der Waals surface area contributed by atoms with E-state index in [1.165, 1.54) is 13.0 Å². The van der Waals surface area contributed by atoms with E-state index in [4.69, 9.17) is 0 Å². The van der Waals surface area contributed by atoms with Crippen molar-refractivity contribution in [3.8, 4) is 0 Å². The first-order chi connectivity index (χ1) is 5.57. The van der Waals surface area contributed by atoms with Crippen molar-refractivity contribution in [1.29, 1.82) is 0 Å². The van der Waals surface area contributed by atoms with E-state index in [1.807, 2.05) is 0 Å². The molecule has 0 rings (SSSR count). The molecule has 0 aliphatic carbocycles. The lowest BCUT2D eigenvalue weighted by Gasteiger charge is -1.98. The summed E-state index contributed by atoms with van der Waals surface area (Å²) in [5.41, 5.74) is 0. The molecule has 0 aromatic rings. The monoisotopic (exact) mass is 170 g/mol. The van der Waals surface area contributed by atoms with Crippen LogP contribution in [0.15, 0.2) is 12.2 Å². The second-order valence-corrected chi connectivity index (χ2v) is 2.51. The highest BCUT2D eigenvalue weighted by Gasteiger charge is 2.03. The smallest absolute Gasteiger partial charge is 0.330 e. The predicted octanol–water partition coefficient (Wildman–Crippen LogP) is 1.33. The summed E-state index contributed by atoms with van der Waals surface area (Å²) < 4.78 is 4.63. The van der Waals surface area contributed by atoms with Crippen molar-refractivity contribution in [3.63, 3.8) is 0 Å². The number of Topliss-reactive ketones (excluding diaryl/α,β-unsaturated/α-hetero) is 1. The number of allylic oxidation sites excluding steroid dienone is 1. The molecule has 3 nitrogen and oxygen atoms in total. The van der Waals surface area contributed by atoms with Gasteiger partial charge in [-0.25, -0.2) is 4.79 Å². The Hall–Kier alpha value is -1.12. The third-order valence-electron chi connectivity index (χ3n) is 1.45. The average Bonchev–Trinajstić information content (AvgIpc) is 2.00.